The summed E-state index contributed by atoms with van der Waals surface area (Å²) in [6, 6.07) is 33.7. The number of fused-ring (bicyclic) bond motifs is 1. The number of alkyl carbamates (subject to hydrolysis) is 1. The molecule has 1 atom stereocenters. The van der Waals surface area contributed by atoms with Crippen LogP contribution in [0.2, 0.25) is 18.1 Å². The molecule has 0 bridgehead atoms. The number of methoxy groups -OCH3 is 1. The molecule has 0 saturated carbocycles. The van der Waals surface area contributed by atoms with Crippen molar-refractivity contribution in [1.82, 2.24) is 5.32 Å². The van der Waals surface area contributed by atoms with Crippen LogP contribution in [0.1, 0.15) is 54.5 Å². The second kappa shape index (κ2) is 16.2. The van der Waals surface area contributed by atoms with Gasteiger partial charge in [0.15, 0.2) is 8.32 Å². The highest BCUT2D eigenvalue weighted by Gasteiger charge is 2.40. The third kappa shape index (κ3) is 9.43. The van der Waals surface area contributed by atoms with E-state index in [1.165, 1.54) is 12.7 Å². The molecular weight excluding hydrogens is 645 g/mol. The standard InChI is InChI=1S/C41H48N2O6Si/c1-41(2,3)50(5,6)49-29-34-26-43(25-30-16-10-7-11-17-30)37-24-35(47-27-31-18-12-8-13-19-31)22-33(38(34)37)23-36(39(44)46-4)42-40(45)48-28-32-20-14-9-15-21-32/h7-24,34H,25-29H2,1-6H3,(H,42,45)/b36-23+/t34-/m0/s1. The monoisotopic (exact) mass is 692 g/mol. The van der Waals surface area contributed by atoms with E-state index in [1.807, 2.05) is 84.9 Å². The zero-order valence-electron chi connectivity index (χ0n) is 29.9. The summed E-state index contributed by atoms with van der Waals surface area (Å²) in [5.74, 6) is -0.0702. The summed E-state index contributed by atoms with van der Waals surface area (Å²) in [5.41, 5.74) is 5.74. The molecule has 262 valence electrons. The summed E-state index contributed by atoms with van der Waals surface area (Å²) >= 11 is 0. The third-order valence-electron chi connectivity index (χ3n) is 9.42. The van der Waals surface area contributed by atoms with Crippen LogP contribution in [0.25, 0.3) is 6.08 Å². The van der Waals surface area contributed by atoms with Crippen molar-refractivity contribution < 1.29 is 28.2 Å². The van der Waals surface area contributed by atoms with Crippen LogP contribution in [0, 0.1) is 0 Å². The van der Waals surface area contributed by atoms with E-state index in [0.29, 0.717) is 32.1 Å². The summed E-state index contributed by atoms with van der Waals surface area (Å²) in [5, 5.41) is 2.68. The maximum atomic E-state index is 13.2. The average molecular weight is 693 g/mol. The molecule has 0 aliphatic carbocycles. The molecule has 1 heterocycles. The molecule has 4 aromatic carbocycles. The maximum Gasteiger partial charge on any atom is 0.412 e. The molecule has 1 amide bonds. The lowest BCUT2D eigenvalue weighted by molar-refractivity contribution is -0.136. The van der Waals surface area contributed by atoms with Crippen molar-refractivity contribution in [3.8, 4) is 5.75 Å². The van der Waals surface area contributed by atoms with Gasteiger partial charge in [-0.2, -0.15) is 0 Å². The van der Waals surface area contributed by atoms with Gasteiger partial charge in [-0.1, -0.05) is 112 Å². The largest absolute Gasteiger partial charge is 0.489 e. The van der Waals surface area contributed by atoms with Crippen LogP contribution in [0.4, 0.5) is 10.5 Å². The zero-order chi connectivity index (χ0) is 35.7. The van der Waals surface area contributed by atoms with E-state index in [1.54, 1.807) is 6.08 Å². The molecule has 0 aromatic heterocycles. The van der Waals surface area contributed by atoms with Gasteiger partial charge in [-0.15, -0.1) is 0 Å². The third-order valence-corrected chi connectivity index (χ3v) is 13.9. The van der Waals surface area contributed by atoms with Crippen LogP contribution in [0.15, 0.2) is 109 Å². The van der Waals surface area contributed by atoms with Crippen molar-refractivity contribution in [2.75, 3.05) is 25.2 Å². The molecule has 1 N–H and O–H groups in total. The number of carbonyl (C=O) groups is 2. The van der Waals surface area contributed by atoms with Gasteiger partial charge in [-0.25, -0.2) is 9.59 Å². The molecule has 50 heavy (non-hydrogen) atoms. The first-order valence-corrected chi connectivity index (χ1v) is 19.9. The Morgan fingerprint density at radius 1 is 0.860 bits per heavy atom. The molecule has 5 rings (SSSR count). The predicted molar refractivity (Wildman–Crippen MR) is 200 cm³/mol. The second-order valence-electron chi connectivity index (χ2n) is 14.1. The number of rotatable bonds is 13. The molecule has 1 aliphatic rings. The smallest absolute Gasteiger partial charge is 0.412 e. The first-order valence-electron chi connectivity index (χ1n) is 17.0. The second-order valence-corrected chi connectivity index (χ2v) is 18.9. The summed E-state index contributed by atoms with van der Waals surface area (Å²) in [4.78, 5) is 28.5. The summed E-state index contributed by atoms with van der Waals surface area (Å²) in [7, 11) is -0.803. The van der Waals surface area contributed by atoms with Crippen molar-refractivity contribution in [3.05, 3.63) is 137 Å². The lowest BCUT2D eigenvalue weighted by atomic mass is 9.95. The number of ether oxygens (including phenoxy) is 3. The van der Waals surface area contributed by atoms with E-state index in [4.69, 9.17) is 18.6 Å². The molecule has 1 aliphatic heterocycles. The van der Waals surface area contributed by atoms with Crippen LogP contribution < -0.4 is 15.0 Å². The Morgan fingerprint density at radius 3 is 2.02 bits per heavy atom. The van der Waals surface area contributed by atoms with E-state index >= 15 is 0 Å². The average Bonchev–Trinajstić information content (AvgIpc) is 3.46. The minimum absolute atomic E-state index is 0.0128. The number of nitrogens with zero attached hydrogens (tertiary/aromatic N) is 1. The Bertz CT molecular complexity index is 1770. The predicted octanol–water partition coefficient (Wildman–Crippen LogP) is 8.83. The van der Waals surface area contributed by atoms with E-state index in [9.17, 15) is 9.59 Å². The molecule has 0 radical (unpaired) electrons. The van der Waals surface area contributed by atoms with E-state index in [0.717, 1.165) is 27.9 Å². The number of carbonyl (C=O) groups excluding carboxylic acids is 2. The zero-order valence-corrected chi connectivity index (χ0v) is 30.9. The number of nitrogens with one attached hydrogen (secondary N) is 1. The number of hydrogen-bond acceptors (Lipinski definition) is 7. The Balaban J connectivity index is 1.55. The molecule has 9 heteroatoms. The first-order chi connectivity index (χ1) is 23.9. The van der Waals surface area contributed by atoms with Crippen molar-refractivity contribution in [2.45, 2.75) is 64.6 Å². The normalized spacial score (nSPS) is 14.6. The fourth-order valence-corrected chi connectivity index (χ4v) is 6.69. The van der Waals surface area contributed by atoms with Gasteiger partial charge in [0.1, 0.15) is 24.7 Å². The minimum Gasteiger partial charge on any atom is -0.489 e. The Kier molecular flexibility index (Phi) is 11.8. The van der Waals surface area contributed by atoms with Gasteiger partial charge in [0.2, 0.25) is 0 Å². The SMILES string of the molecule is COC(=O)/C(=C\c1cc(OCc2ccccc2)cc2c1[C@H](CO[Si](C)(C)C(C)(C)C)CN2Cc1ccccc1)NC(=O)OCc1ccccc1. The van der Waals surface area contributed by atoms with Crippen molar-refractivity contribution in [2.24, 2.45) is 0 Å². The topological polar surface area (TPSA) is 86.3 Å². The lowest BCUT2D eigenvalue weighted by Crippen LogP contribution is -2.42. The maximum absolute atomic E-state index is 13.2. The Hall–Kier alpha value is -4.86. The number of esters is 1. The van der Waals surface area contributed by atoms with Gasteiger partial charge in [-0.3, -0.25) is 5.32 Å². The quantitative estimate of drug-likeness (QED) is 0.0852. The number of anilines is 1. The summed E-state index contributed by atoms with van der Waals surface area (Å²) < 4.78 is 23.8. The van der Waals surface area contributed by atoms with Crippen molar-refractivity contribution in [3.63, 3.8) is 0 Å². The fourth-order valence-electron chi connectivity index (χ4n) is 5.63. The van der Waals surface area contributed by atoms with Gasteiger partial charge in [0.05, 0.1) is 7.11 Å². The molecule has 4 aromatic rings. The highest BCUT2D eigenvalue weighted by Crippen LogP contribution is 2.45. The Morgan fingerprint density at radius 2 is 1.44 bits per heavy atom. The van der Waals surface area contributed by atoms with Gasteiger partial charge < -0.3 is 23.5 Å². The van der Waals surface area contributed by atoms with Crippen LogP contribution in [-0.4, -0.2) is 40.6 Å². The fraction of sp³-hybridized carbons (Fsp3) is 0.317. The Labute approximate surface area is 297 Å². The number of hydrogen-bond donors (Lipinski definition) is 1. The van der Waals surface area contributed by atoms with Crippen molar-refractivity contribution in [1.29, 1.82) is 0 Å². The van der Waals surface area contributed by atoms with E-state index < -0.39 is 20.4 Å². The van der Waals surface area contributed by atoms with E-state index in [-0.39, 0.29) is 23.3 Å². The molecule has 0 spiro atoms. The first kappa shape index (κ1) is 36.4. The van der Waals surface area contributed by atoms with E-state index in [2.05, 4.69) is 62.3 Å². The van der Waals surface area contributed by atoms with Crippen LogP contribution in [0.5, 0.6) is 5.75 Å². The summed E-state index contributed by atoms with van der Waals surface area (Å²) in [6.45, 7) is 13.6. The highest BCUT2D eigenvalue weighted by molar-refractivity contribution is 6.74. The highest BCUT2D eigenvalue weighted by atomic mass is 28.4. The lowest BCUT2D eigenvalue weighted by Gasteiger charge is -2.37. The van der Waals surface area contributed by atoms with Crippen LogP contribution in [-0.2, 0) is 38.5 Å². The number of amides is 1. The summed E-state index contributed by atoms with van der Waals surface area (Å²) in [6.07, 6.45) is 0.900. The molecule has 0 fully saturated rings. The minimum atomic E-state index is -2.09. The van der Waals surface area contributed by atoms with Crippen LogP contribution in [0.3, 0.4) is 0 Å². The van der Waals surface area contributed by atoms with Crippen LogP contribution >= 0.6 is 0 Å². The molecular formula is C41H48N2O6Si. The van der Waals surface area contributed by atoms with Gasteiger partial charge in [0.25, 0.3) is 0 Å². The molecule has 0 saturated heterocycles. The molecule has 0 unspecified atom stereocenters. The molecule has 8 nitrogen and oxygen atoms in total. The van der Waals surface area contributed by atoms with Gasteiger partial charge in [-0.05, 0) is 58.1 Å². The van der Waals surface area contributed by atoms with Crippen molar-refractivity contribution >= 4 is 32.1 Å². The van der Waals surface area contributed by atoms with Gasteiger partial charge in [0, 0.05) is 37.4 Å². The number of benzene rings is 4. The van der Waals surface area contributed by atoms with Gasteiger partial charge >= 0.3 is 12.1 Å².